The molecule has 364 valence electrons. The summed E-state index contributed by atoms with van der Waals surface area (Å²) < 4.78 is 23.8. The van der Waals surface area contributed by atoms with E-state index in [1.54, 1.807) is 9.80 Å². The monoisotopic (exact) mass is 944 g/mol. The molecule has 4 amide bonds. The van der Waals surface area contributed by atoms with Crippen LogP contribution in [0.15, 0.2) is 97.1 Å². The van der Waals surface area contributed by atoms with Gasteiger partial charge in [-0.15, -0.1) is 20.2 Å². The van der Waals surface area contributed by atoms with E-state index < -0.39 is 46.5 Å². The summed E-state index contributed by atoms with van der Waals surface area (Å²) in [6.45, 7) is 2.52. The first-order valence-corrected chi connectivity index (χ1v) is 22.4. The molecule has 4 N–H and O–H groups in total. The zero-order valence-electron chi connectivity index (χ0n) is 37.4. The molecule has 68 heavy (non-hydrogen) atoms. The van der Waals surface area contributed by atoms with Crippen molar-refractivity contribution in [3.8, 4) is 11.5 Å². The minimum Gasteiger partial charge on any atom is -0.489 e. The molecular weight excluding hydrogens is 889 g/mol. The number of likely N-dealkylation sites (tertiary alicyclic amines) is 2. The van der Waals surface area contributed by atoms with Gasteiger partial charge in [0.2, 0.25) is 0 Å². The highest BCUT2D eigenvalue weighted by molar-refractivity contribution is 5.92. The van der Waals surface area contributed by atoms with Crippen LogP contribution in [0.2, 0.25) is 0 Å². The third-order valence-electron chi connectivity index (χ3n) is 11.1. The molecule has 22 heteroatoms. The van der Waals surface area contributed by atoms with E-state index >= 15 is 0 Å². The van der Waals surface area contributed by atoms with Gasteiger partial charge >= 0.3 is 24.0 Å². The molecule has 2 aliphatic heterocycles. The number of benzene rings is 4. The van der Waals surface area contributed by atoms with Gasteiger partial charge in [-0.25, -0.2) is 19.2 Å². The average Bonchev–Trinajstić information content (AvgIpc) is 3.33. The lowest BCUT2D eigenvalue weighted by Gasteiger charge is -2.30. The third kappa shape index (κ3) is 16.2. The van der Waals surface area contributed by atoms with Crippen molar-refractivity contribution in [2.45, 2.75) is 50.1 Å². The average molecular weight is 945 g/mol. The first-order valence-electron chi connectivity index (χ1n) is 22.4. The molecule has 0 radical (unpaired) electrons. The van der Waals surface area contributed by atoms with Gasteiger partial charge in [0.15, 0.2) is 0 Å². The summed E-state index contributed by atoms with van der Waals surface area (Å²) in [4.78, 5) is 85.4. The molecule has 2 unspecified atom stereocenters. The largest absolute Gasteiger partial charge is 0.489 e. The zero-order valence-corrected chi connectivity index (χ0v) is 37.4. The van der Waals surface area contributed by atoms with Crippen LogP contribution in [-0.2, 0) is 28.7 Å². The number of rotatable bonds is 24. The second-order valence-electron chi connectivity index (χ2n) is 15.9. The lowest BCUT2D eigenvalue weighted by atomic mass is 10.1. The fourth-order valence-corrected chi connectivity index (χ4v) is 7.66. The standard InChI is InChI=1S/C46H56N8O14/c55-43(65-37(31-63-41-13-5-9-33-7-1-3-11-39(33)41)29-47-21-23-49-45(57)51-25-17-35(18-26-51)67-53(59)60)15-16-44(56)66-38(32-64-42-14-6-10-34-8-2-4-12-40(34)42)30-48-22-24-50-46(58)52-27-19-36(20-28-52)68-54(61)62/h1-16,35-38,47-48H,17-32H2,(H,49,57)(H,50,58)/b16-15+. The van der Waals surface area contributed by atoms with Crippen molar-refractivity contribution in [2.75, 3.05) is 78.7 Å². The summed E-state index contributed by atoms with van der Waals surface area (Å²) >= 11 is 0. The molecule has 6 rings (SSSR count). The van der Waals surface area contributed by atoms with Gasteiger partial charge in [-0.2, -0.15) is 0 Å². The Labute approximate surface area is 391 Å². The molecule has 0 aromatic heterocycles. The number of fused-ring (bicyclic) bond motifs is 2. The maximum absolute atomic E-state index is 13.2. The van der Waals surface area contributed by atoms with E-state index in [1.165, 1.54) is 0 Å². The number of hydrogen-bond donors (Lipinski definition) is 4. The molecule has 0 aliphatic carbocycles. The van der Waals surface area contributed by atoms with Crippen LogP contribution >= 0.6 is 0 Å². The fraction of sp³-hybridized carbons (Fsp3) is 0.435. The molecular formula is C46H56N8O14. The van der Waals surface area contributed by atoms with Crippen LogP contribution in [0.25, 0.3) is 21.5 Å². The lowest BCUT2D eigenvalue weighted by Crippen LogP contribution is -2.47. The number of carbonyl (C=O) groups is 4. The Kier molecular flexibility index (Phi) is 19.1. The van der Waals surface area contributed by atoms with Gasteiger partial charge in [-0.05, 0) is 48.6 Å². The van der Waals surface area contributed by atoms with E-state index in [2.05, 4.69) is 30.9 Å². The first-order chi connectivity index (χ1) is 33.0. The summed E-state index contributed by atoms with van der Waals surface area (Å²) in [6.07, 6.45) is 0.563. The number of amides is 4. The van der Waals surface area contributed by atoms with Crippen molar-refractivity contribution >= 4 is 45.5 Å². The first kappa shape index (κ1) is 50.0. The highest BCUT2D eigenvalue weighted by Crippen LogP contribution is 2.27. The van der Waals surface area contributed by atoms with Gasteiger partial charge < -0.3 is 59.7 Å². The number of nitrogens with one attached hydrogen (secondary N) is 4. The lowest BCUT2D eigenvalue weighted by molar-refractivity contribution is -0.769. The highest BCUT2D eigenvalue weighted by Gasteiger charge is 2.26. The Hall–Kier alpha value is -7.46. The van der Waals surface area contributed by atoms with Crippen molar-refractivity contribution in [1.82, 2.24) is 31.1 Å². The van der Waals surface area contributed by atoms with E-state index in [4.69, 9.17) is 18.9 Å². The van der Waals surface area contributed by atoms with E-state index in [1.807, 2.05) is 84.9 Å². The number of esters is 2. The molecule has 2 heterocycles. The van der Waals surface area contributed by atoms with Gasteiger partial charge in [0.05, 0.1) is 0 Å². The van der Waals surface area contributed by atoms with Crippen LogP contribution < -0.4 is 30.7 Å². The summed E-state index contributed by atoms with van der Waals surface area (Å²) in [5, 5.41) is 35.3. The second-order valence-corrected chi connectivity index (χ2v) is 15.9. The van der Waals surface area contributed by atoms with Crippen molar-refractivity contribution in [2.24, 2.45) is 0 Å². The minimum absolute atomic E-state index is 0.0460. The van der Waals surface area contributed by atoms with Gasteiger partial charge in [0.1, 0.15) is 49.1 Å². The molecule has 4 aromatic carbocycles. The summed E-state index contributed by atoms with van der Waals surface area (Å²) in [6, 6.07) is 25.9. The van der Waals surface area contributed by atoms with Gasteiger partial charge in [0.25, 0.3) is 10.2 Å². The van der Waals surface area contributed by atoms with Crippen LogP contribution in [0.1, 0.15) is 25.7 Å². The summed E-state index contributed by atoms with van der Waals surface area (Å²) in [7, 11) is 0. The molecule has 2 saturated heterocycles. The van der Waals surface area contributed by atoms with Gasteiger partial charge in [-0.1, -0.05) is 72.8 Å². The van der Waals surface area contributed by atoms with Crippen LogP contribution in [-0.4, -0.2) is 147 Å². The predicted molar refractivity (Wildman–Crippen MR) is 246 cm³/mol. The fourth-order valence-electron chi connectivity index (χ4n) is 7.66. The zero-order chi connectivity index (χ0) is 48.1. The van der Waals surface area contributed by atoms with Crippen molar-refractivity contribution in [3.05, 3.63) is 117 Å². The molecule has 0 saturated carbocycles. The van der Waals surface area contributed by atoms with Crippen molar-refractivity contribution in [3.63, 3.8) is 0 Å². The number of piperidine rings is 2. The molecule has 4 aromatic rings. The molecule has 0 bridgehead atoms. The Morgan fingerprint density at radius 1 is 0.574 bits per heavy atom. The Morgan fingerprint density at radius 3 is 1.35 bits per heavy atom. The molecule has 2 fully saturated rings. The number of carbonyl (C=O) groups excluding carboxylic acids is 4. The third-order valence-corrected chi connectivity index (χ3v) is 11.1. The number of urea groups is 2. The quantitative estimate of drug-likeness (QED) is 0.0256. The maximum Gasteiger partial charge on any atom is 0.331 e. The van der Waals surface area contributed by atoms with Gasteiger partial charge in [0, 0.05) is 88.4 Å². The van der Waals surface area contributed by atoms with Crippen molar-refractivity contribution < 1.29 is 58.0 Å². The topological polar surface area (TPSA) is 265 Å². The molecule has 0 spiro atoms. The van der Waals surface area contributed by atoms with Crippen molar-refractivity contribution in [1.29, 1.82) is 0 Å². The van der Waals surface area contributed by atoms with Crippen LogP contribution in [0.5, 0.6) is 11.5 Å². The summed E-state index contributed by atoms with van der Waals surface area (Å²) in [5.74, 6) is -0.503. The highest BCUT2D eigenvalue weighted by atomic mass is 17.0. The Morgan fingerprint density at radius 2 is 0.956 bits per heavy atom. The van der Waals surface area contributed by atoms with Gasteiger partial charge in [-0.3, -0.25) is 0 Å². The normalized spacial score (nSPS) is 15.3. The van der Waals surface area contributed by atoms with E-state index in [9.17, 15) is 39.4 Å². The van der Waals surface area contributed by atoms with E-state index in [0.717, 1.165) is 33.7 Å². The Bertz CT molecular complexity index is 2180. The molecule has 2 atom stereocenters. The minimum atomic E-state index is -0.834. The van der Waals surface area contributed by atoms with Crippen LogP contribution in [0, 0.1) is 20.2 Å². The second kappa shape index (κ2) is 26.0. The number of hydrogen-bond acceptors (Lipinski definition) is 16. The smallest absolute Gasteiger partial charge is 0.331 e. The molecule has 22 nitrogen and oxygen atoms in total. The predicted octanol–water partition coefficient (Wildman–Crippen LogP) is 3.77. The SMILES string of the molecule is O=C(/C=C/C(=O)OC(CNCCNC(=O)N1CCC(O[N+](=O)[O-])CC1)COc1cccc2ccccc12)OC(CNCCNC(=O)N1CCC(O[N+](=O)[O-])CC1)COc1cccc2ccccc12. The van der Waals surface area contributed by atoms with E-state index in [0.29, 0.717) is 76.5 Å². The van der Waals surface area contributed by atoms with E-state index in [-0.39, 0.29) is 51.5 Å². The summed E-state index contributed by atoms with van der Waals surface area (Å²) in [5.41, 5.74) is 0. The Balaban J connectivity index is 1.00. The number of nitrogens with zero attached hydrogens (tertiary/aromatic N) is 4. The molecule has 2 aliphatic rings. The maximum atomic E-state index is 13.2. The van der Waals surface area contributed by atoms with Crippen LogP contribution in [0.3, 0.4) is 0 Å². The van der Waals surface area contributed by atoms with Crippen LogP contribution in [0.4, 0.5) is 9.59 Å². The number of ether oxygens (including phenoxy) is 4.